The number of urea groups is 1. The summed E-state index contributed by atoms with van der Waals surface area (Å²) in [7, 11) is 0. The number of aromatic nitrogens is 1. The van der Waals surface area contributed by atoms with E-state index in [-0.39, 0.29) is 18.2 Å². The maximum absolute atomic E-state index is 13.1. The number of aryl methyl sites for hydroxylation is 1. The third-order valence-electron chi connectivity index (χ3n) is 5.46. The van der Waals surface area contributed by atoms with Crippen molar-refractivity contribution in [3.8, 4) is 0 Å². The number of hydrogen-bond acceptors (Lipinski definition) is 3. The molecule has 0 bridgehead atoms. The topological polar surface area (TPSA) is 71.4 Å². The van der Waals surface area contributed by atoms with Crippen molar-refractivity contribution < 1.29 is 14.4 Å². The summed E-state index contributed by atoms with van der Waals surface area (Å²) in [6, 6.07) is 10.5. The molecule has 1 aliphatic heterocycles. The maximum Gasteiger partial charge on any atom is 0.325 e. The predicted molar refractivity (Wildman–Crippen MR) is 103 cm³/mol. The highest BCUT2D eigenvalue weighted by atomic mass is 16.2. The molecule has 0 radical (unpaired) electrons. The molecule has 6 heteroatoms. The van der Waals surface area contributed by atoms with Crippen molar-refractivity contribution in [2.45, 2.75) is 46.2 Å². The van der Waals surface area contributed by atoms with E-state index in [2.05, 4.69) is 5.32 Å². The SMILES string of the molecule is CCn1c(C)cc(C(=O)CN2C(=O)N[C@@](CC)(c3ccccc3)C2=O)c1C. The van der Waals surface area contributed by atoms with E-state index in [4.69, 9.17) is 0 Å². The number of rotatable bonds is 6. The number of ketones is 1. The largest absolute Gasteiger partial charge is 0.349 e. The van der Waals surface area contributed by atoms with Crippen LogP contribution in [0.5, 0.6) is 0 Å². The van der Waals surface area contributed by atoms with E-state index >= 15 is 0 Å². The number of amides is 3. The second-order valence-corrected chi connectivity index (χ2v) is 6.90. The number of imide groups is 1. The molecule has 0 aliphatic carbocycles. The number of hydrogen-bond donors (Lipinski definition) is 1. The average molecular weight is 367 g/mol. The van der Waals surface area contributed by atoms with E-state index in [1.165, 1.54) is 0 Å². The van der Waals surface area contributed by atoms with Crippen LogP contribution >= 0.6 is 0 Å². The minimum atomic E-state index is -1.11. The predicted octanol–water partition coefficient (Wildman–Crippen LogP) is 3.16. The zero-order valence-corrected chi connectivity index (χ0v) is 16.2. The highest BCUT2D eigenvalue weighted by Crippen LogP contribution is 2.32. The van der Waals surface area contributed by atoms with Gasteiger partial charge in [-0.1, -0.05) is 37.3 Å². The molecule has 1 aromatic carbocycles. The van der Waals surface area contributed by atoms with Crippen molar-refractivity contribution in [1.29, 1.82) is 0 Å². The van der Waals surface area contributed by atoms with Crippen molar-refractivity contribution in [1.82, 2.24) is 14.8 Å². The van der Waals surface area contributed by atoms with Gasteiger partial charge in [-0.2, -0.15) is 0 Å². The third-order valence-corrected chi connectivity index (χ3v) is 5.46. The standard InChI is InChI=1S/C21H25N3O3/c1-5-21(16-10-8-7-9-11-16)19(26)24(20(27)22-21)13-18(25)17-12-14(3)23(6-2)15(17)4/h7-12H,5-6,13H2,1-4H3,(H,22,27)/t21-/m0/s1. The quantitative estimate of drug-likeness (QED) is 0.630. The van der Waals surface area contributed by atoms with Crippen molar-refractivity contribution >= 4 is 17.7 Å². The molecule has 1 saturated heterocycles. The van der Waals surface area contributed by atoms with Gasteiger partial charge in [-0.3, -0.25) is 14.5 Å². The first kappa shape index (κ1) is 18.9. The highest BCUT2D eigenvalue weighted by molar-refractivity contribution is 6.11. The van der Waals surface area contributed by atoms with Gasteiger partial charge in [-0.05, 0) is 38.8 Å². The maximum atomic E-state index is 13.1. The van der Waals surface area contributed by atoms with Crippen molar-refractivity contribution in [3.63, 3.8) is 0 Å². The summed E-state index contributed by atoms with van der Waals surface area (Å²) in [6.07, 6.45) is 0.413. The van der Waals surface area contributed by atoms with Gasteiger partial charge in [-0.15, -0.1) is 0 Å². The first-order valence-electron chi connectivity index (χ1n) is 9.25. The molecule has 3 amide bonds. The summed E-state index contributed by atoms with van der Waals surface area (Å²) in [5.41, 5.74) is 2.02. The van der Waals surface area contributed by atoms with Crippen LogP contribution in [-0.4, -0.2) is 33.7 Å². The summed E-state index contributed by atoms with van der Waals surface area (Å²) in [6.45, 7) is 8.20. The monoisotopic (exact) mass is 367 g/mol. The fourth-order valence-corrected chi connectivity index (χ4v) is 3.93. The van der Waals surface area contributed by atoms with E-state index in [0.717, 1.165) is 28.4 Å². The van der Waals surface area contributed by atoms with Crippen LogP contribution in [-0.2, 0) is 16.9 Å². The molecular weight excluding hydrogens is 342 g/mol. The van der Waals surface area contributed by atoms with Crippen LogP contribution in [0.4, 0.5) is 4.79 Å². The van der Waals surface area contributed by atoms with Gasteiger partial charge in [0.25, 0.3) is 5.91 Å². The molecule has 1 atom stereocenters. The Bertz CT molecular complexity index is 901. The normalized spacial score (nSPS) is 19.5. The smallest absolute Gasteiger partial charge is 0.325 e. The Morgan fingerprint density at radius 2 is 1.78 bits per heavy atom. The fraction of sp³-hybridized carbons (Fsp3) is 0.381. The van der Waals surface area contributed by atoms with Gasteiger partial charge >= 0.3 is 6.03 Å². The van der Waals surface area contributed by atoms with Crippen LogP contribution in [0.1, 0.15) is 47.6 Å². The van der Waals surface area contributed by atoms with Gasteiger partial charge in [0, 0.05) is 23.5 Å². The Balaban J connectivity index is 1.89. The molecular formula is C21H25N3O3. The van der Waals surface area contributed by atoms with Gasteiger partial charge in [0.1, 0.15) is 5.54 Å². The lowest BCUT2D eigenvalue weighted by molar-refractivity contribution is -0.131. The summed E-state index contributed by atoms with van der Waals surface area (Å²) in [5, 5.41) is 2.81. The lowest BCUT2D eigenvalue weighted by atomic mass is 9.87. The van der Waals surface area contributed by atoms with Crippen molar-refractivity contribution in [2.75, 3.05) is 6.54 Å². The Kier molecular flexibility index (Phi) is 4.91. The molecule has 1 fully saturated rings. The van der Waals surface area contributed by atoms with Gasteiger partial charge in [0.2, 0.25) is 0 Å². The highest BCUT2D eigenvalue weighted by Gasteiger charge is 2.51. The molecule has 27 heavy (non-hydrogen) atoms. The molecule has 0 saturated carbocycles. The van der Waals surface area contributed by atoms with Crippen LogP contribution in [0, 0.1) is 13.8 Å². The Morgan fingerprint density at radius 3 is 2.33 bits per heavy atom. The zero-order valence-electron chi connectivity index (χ0n) is 16.2. The molecule has 1 aliphatic rings. The Hall–Kier alpha value is -2.89. The minimum Gasteiger partial charge on any atom is -0.349 e. The lowest BCUT2D eigenvalue weighted by Gasteiger charge is -2.25. The fourth-order valence-electron chi connectivity index (χ4n) is 3.93. The zero-order chi connectivity index (χ0) is 19.8. The first-order chi connectivity index (χ1) is 12.9. The lowest BCUT2D eigenvalue weighted by Crippen LogP contribution is -2.43. The Labute approximate surface area is 159 Å². The summed E-state index contributed by atoms with van der Waals surface area (Å²) < 4.78 is 2.04. The van der Waals surface area contributed by atoms with Gasteiger partial charge in [0.15, 0.2) is 5.78 Å². The Morgan fingerprint density at radius 1 is 1.11 bits per heavy atom. The minimum absolute atomic E-state index is 0.230. The first-order valence-corrected chi connectivity index (χ1v) is 9.25. The van der Waals surface area contributed by atoms with E-state index < -0.39 is 11.6 Å². The van der Waals surface area contributed by atoms with Gasteiger partial charge in [-0.25, -0.2) is 4.79 Å². The van der Waals surface area contributed by atoms with E-state index in [0.29, 0.717) is 12.0 Å². The van der Waals surface area contributed by atoms with Crippen LogP contribution in [0.3, 0.4) is 0 Å². The molecule has 6 nitrogen and oxygen atoms in total. The number of carbonyl (C=O) groups excluding carboxylic acids is 3. The average Bonchev–Trinajstić information content (AvgIpc) is 3.10. The number of nitrogens with one attached hydrogen (secondary N) is 1. The van der Waals surface area contributed by atoms with Crippen LogP contribution in [0.25, 0.3) is 0 Å². The second-order valence-electron chi connectivity index (χ2n) is 6.90. The molecule has 1 N–H and O–H groups in total. The molecule has 0 unspecified atom stereocenters. The van der Waals surface area contributed by atoms with Gasteiger partial charge in [0.05, 0.1) is 6.54 Å². The van der Waals surface area contributed by atoms with Crippen molar-refractivity contribution in [2.24, 2.45) is 0 Å². The number of carbonyl (C=O) groups is 3. The van der Waals surface area contributed by atoms with E-state index in [1.807, 2.05) is 68.7 Å². The molecule has 2 heterocycles. The molecule has 1 aromatic heterocycles. The van der Waals surface area contributed by atoms with E-state index in [1.54, 1.807) is 0 Å². The molecule has 0 spiro atoms. The number of benzene rings is 1. The number of nitrogens with zero attached hydrogens (tertiary/aromatic N) is 2. The molecule has 3 rings (SSSR count). The second kappa shape index (κ2) is 7.02. The van der Waals surface area contributed by atoms with Crippen LogP contribution < -0.4 is 5.32 Å². The van der Waals surface area contributed by atoms with Crippen LogP contribution in [0.2, 0.25) is 0 Å². The van der Waals surface area contributed by atoms with E-state index in [9.17, 15) is 14.4 Å². The van der Waals surface area contributed by atoms with Crippen LogP contribution in [0.15, 0.2) is 36.4 Å². The van der Waals surface area contributed by atoms with Gasteiger partial charge < -0.3 is 9.88 Å². The third kappa shape index (κ3) is 2.95. The summed E-state index contributed by atoms with van der Waals surface area (Å²) in [5.74, 6) is -0.606. The summed E-state index contributed by atoms with van der Waals surface area (Å²) >= 11 is 0. The molecule has 142 valence electrons. The number of Topliss-reactive ketones (excluding diaryl/α,β-unsaturated/α-hetero) is 1. The summed E-state index contributed by atoms with van der Waals surface area (Å²) in [4.78, 5) is 39.6. The van der Waals surface area contributed by atoms with Crippen molar-refractivity contribution in [3.05, 3.63) is 58.9 Å². The molecule has 2 aromatic rings.